The van der Waals surface area contributed by atoms with Crippen molar-refractivity contribution < 1.29 is 18.9 Å². The summed E-state index contributed by atoms with van der Waals surface area (Å²) in [5.41, 5.74) is 3.24. The maximum absolute atomic E-state index is 5.92. The van der Waals surface area contributed by atoms with E-state index >= 15 is 0 Å². The van der Waals surface area contributed by atoms with E-state index in [-0.39, 0.29) is 12.0 Å². The molecule has 1 fully saturated rings. The number of methoxy groups -OCH3 is 4. The van der Waals surface area contributed by atoms with E-state index in [4.69, 9.17) is 31.2 Å². The molecule has 0 aliphatic carbocycles. The van der Waals surface area contributed by atoms with Crippen molar-refractivity contribution in [3.63, 3.8) is 0 Å². The van der Waals surface area contributed by atoms with Gasteiger partial charge >= 0.3 is 0 Å². The van der Waals surface area contributed by atoms with Crippen LogP contribution >= 0.6 is 12.2 Å². The predicted molar refractivity (Wildman–Crippen MR) is 126 cm³/mol. The standard InChI is InChI=1S/C25H25NO4S/c1-27-19-12-10-17(11-13-19)23-22(16-8-6-5-7-9-16)25(31)26(23)18-14-20(28-2)24(30-4)21(15-18)29-3/h5-15,22-23H,1-4H3/t22-,23-/m0/s1. The number of rotatable bonds is 7. The van der Waals surface area contributed by atoms with E-state index < -0.39 is 0 Å². The molecule has 2 atom stereocenters. The Hall–Kier alpha value is -3.25. The van der Waals surface area contributed by atoms with Crippen LogP contribution in [0.1, 0.15) is 23.1 Å². The molecule has 0 bridgehead atoms. The second-order valence-electron chi connectivity index (χ2n) is 7.20. The molecule has 0 aromatic heterocycles. The third-order valence-corrected chi connectivity index (χ3v) is 6.09. The van der Waals surface area contributed by atoms with E-state index in [2.05, 4.69) is 29.2 Å². The van der Waals surface area contributed by atoms with Gasteiger partial charge in [0.05, 0.1) is 45.4 Å². The predicted octanol–water partition coefficient (Wildman–Crippen LogP) is 5.39. The minimum Gasteiger partial charge on any atom is -0.497 e. The van der Waals surface area contributed by atoms with Gasteiger partial charge in [-0.1, -0.05) is 54.7 Å². The molecule has 1 heterocycles. The summed E-state index contributed by atoms with van der Waals surface area (Å²) < 4.78 is 22.0. The van der Waals surface area contributed by atoms with Gasteiger partial charge in [0.2, 0.25) is 5.75 Å². The highest BCUT2D eigenvalue weighted by Crippen LogP contribution is 2.52. The van der Waals surface area contributed by atoms with Crippen molar-refractivity contribution in [3.05, 3.63) is 77.9 Å². The quantitative estimate of drug-likeness (QED) is 0.463. The molecular weight excluding hydrogens is 410 g/mol. The van der Waals surface area contributed by atoms with Crippen LogP contribution in [-0.4, -0.2) is 33.4 Å². The first-order valence-electron chi connectivity index (χ1n) is 9.95. The molecule has 0 unspecified atom stereocenters. The first-order valence-corrected chi connectivity index (χ1v) is 10.4. The number of benzene rings is 3. The lowest BCUT2D eigenvalue weighted by Crippen LogP contribution is -2.52. The van der Waals surface area contributed by atoms with Gasteiger partial charge in [-0.3, -0.25) is 0 Å². The number of ether oxygens (including phenoxy) is 4. The number of nitrogens with zero attached hydrogens (tertiary/aromatic N) is 1. The van der Waals surface area contributed by atoms with Crippen LogP contribution < -0.4 is 23.8 Å². The smallest absolute Gasteiger partial charge is 0.203 e. The summed E-state index contributed by atoms with van der Waals surface area (Å²) in [7, 11) is 6.49. The molecule has 31 heavy (non-hydrogen) atoms. The monoisotopic (exact) mass is 435 g/mol. The molecule has 6 heteroatoms. The summed E-state index contributed by atoms with van der Waals surface area (Å²) in [4.78, 5) is 3.00. The number of hydrogen-bond donors (Lipinski definition) is 0. The summed E-state index contributed by atoms with van der Waals surface area (Å²) >= 11 is 5.92. The van der Waals surface area contributed by atoms with Gasteiger partial charge in [-0.15, -0.1) is 0 Å². The molecule has 1 aliphatic rings. The molecule has 5 nitrogen and oxygen atoms in total. The SMILES string of the molecule is COc1ccc([C@H]2[C@H](c3ccccc3)C(=S)N2c2cc(OC)c(OC)c(OC)c2)cc1. The molecule has 0 spiro atoms. The second kappa shape index (κ2) is 8.86. The van der Waals surface area contributed by atoms with Gasteiger partial charge in [0.25, 0.3) is 0 Å². The van der Waals surface area contributed by atoms with Gasteiger partial charge in [-0.25, -0.2) is 0 Å². The molecule has 160 valence electrons. The molecule has 1 saturated heterocycles. The molecule has 0 N–H and O–H groups in total. The minimum absolute atomic E-state index is 0.0311. The Morgan fingerprint density at radius 2 is 1.32 bits per heavy atom. The van der Waals surface area contributed by atoms with Crippen LogP contribution in [0.4, 0.5) is 5.69 Å². The van der Waals surface area contributed by atoms with E-state index in [1.54, 1.807) is 28.4 Å². The zero-order valence-electron chi connectivity index (χ0n) is 18.0. The van der Waals surface area contributed by atoms with Crippen LogP contribution in [0, 0.1) is 0 Å². The van der Waals surface area contributed by atoms with Crippen LogP contribution in [0.5, 0.6) is 23.0 Å². The summed E-state index contributed by atoms with van der Waals surface area (Å²) in [6.07, 6.45) is 0. The fourth-order valence-electron chi connectivity index (χ4n) is 4.11. The first-order chi connectivity index (χ1) is 15.1. The van der Waals surface area contributed by atoms with E-state index in [0.717, 1.165) is 22.0 Å². The van der Waals surface area contributed by atoms with Crippen molar-refractivity contribution in [3.8, 4) is 23.0 Å². The van der Waals surface area contributed by atoms with Crippen molar-refractivity contribution >= 4 is 22.9 Å². The lowest BCUT2D eigenvalue weighted by Gasteiger charge is -2.50. The maximum Gasteiger partial charge on any atom is 0.203 e. The van der Waals surface area contributed by atoms with E-state index in [0.29, 0.717) is 17.2 Å². The minimum atomic E-state index is 0.0311. The normalized spacial score (nSPS) is 17.7. The van der Waals surface area contributed by atoms with Crippen molar-refractivity contribution in [1.82, 2.24) is 0 Å². The Morgan fingerprint density at radius 1 is 0.710 bits per heavy atom. The van der Waals surface area contributed by atoms with E-state index in [9.17, 15) is 0 Å². The van der Waals surface area contributed by atoms with Crippen LogP contribution in [0.15, 0.2) is 66.7 Å². The van der Waals surface area contributed by atoms with E-state index in [1.807, 2.05) is 42.5 Å². The van der Waals surface area contributed by atoms with Gasteiger partial charge < -0.3 is 23.8 Å². The first kappa shape index (κ1) is 21.0. The average Bonchev–Trinajstić information content (AvgIpc) is 2.82. The largest absolute Gasteiger partial charge is 0.497 e. The van der Waals surface area contributed by atoms with Crippen molar-refractivity contribution in [2.24, 2.45) is 0 Å². The molecule has 3 aromatic carbocycles. The fraction of sp³-hybridized carbons (Fsp3) is 0.240. The lowest BCUT2D eigenvalue weighted by atomic mass is 9.78. The summed E-state index contributed by atoms with van der Waals surface area (Å²) in [5, 5.41) is 0. The number of thiocarbonyl (C=S) groups is 1. The number of hydrogen-bond acceptors (Lipinski definition) is 5. The van der Waals surface area contributed by atoms with Crippen LogP contribution in [0.2, 0.25) is 0 Å². The maximum atomic E-state index is 5.92. The van der Waals surface area contributed by atoms with Gasteiger partial charge in [-0.05, 0) is 23.3 Å². The molecule has 0 radical (unpaired) electrons. The Balaban J connectivity index is 1.81. The van der Waals surface area contributed by atoms with Gasteiger partial charge in [0.15, 0.2) is 11.5 Å². The van der Waals surface area contributed by atoms with Crippen LogP contribution in [0.25, 0.3) is 0 Å². The van der Waals surface area contributed by atoms with Gasteiger partial charge in [0, 0.05) is 17.8 Å². The average molecular weight is 436 g/mol. The van der Waals surface area contributed by atoms with Crippen LogP contribution in [-0.2, 0) is 0 Å². The van der Waals surface area contributed by atoms with Gasteiger partial charge in [0.1, 0.15) is 5.75 Å². The summed E-state index contributed by atoms with van der Waals surface area (Å²) in [6, 6.07) is 22.4. The third-order valence-electron chi connectivity index (χ3n) is 5.64. The Labute approximate surface area is 188 Å². The zero-order chi connectivity index (χ0) is 22.0. The third kappa shape index (κ3) is 3.68. The fourth-order valence-corrected chi connectivity index (χ4v) is 4.59. The summed E-state index contributed by atoms with van der Waals surface area (Å²) in [6.45, 7) is 0. The highest BCUT2D eigenvalue weighted by atomic mass is 32.1. The highest BCUT2D eigenvalue weighted by Gasteiger charge is 2.46. The molecule has 4 rings (SSSR count). The van der Waals surface area contributed by atoms with Gasteiger partial charge in [-0.2, -0.15) is 0 Å². The summed E-state index contributed by atoms with van der Waals surface area (Å²) in [5.74, 6) is 2.65. The zero-order valence-corrected chi connectivity index (χ0v) is 18.8. The lowest BCUT2D eigenvalue weighted by molar-refractivity contribution is 0.324. The highest BCUT2D eigenvalue weighted by molar-refractivity contribution is 7.80. The van der Waals surface area contributed by atoms with E-state index in [1.165, 1.54) is 5.56 Å². The Morgan fingerprint density at radius 3 is 1.84 bits per heavy atom. The molecule has 1 aliphatic heterocycles. The molecular formula is C25H25NO4S. The van der Waals surface area contributed by atoms with Crippen molar-refractivity contribution in [1.29, 1.82) is 0 Å². The Bertz CT molecular complexity index is 1040. The van der Waals surface area contributed by atoms with Crippen molar-refractivity contribution in [2.75, 3.05) is 33.3 Å². The molecule has 0 saturated carbocycles. The topological polar surface area (TPSA) is 40.2 Å². The number of anilines is 1. The molecule has 3 aromatic rings. The molecule has 0 amide bonds. The Kier molecular flexibility index (Phi) is 6.00. The van der Waals surface area contributed by atoms with Crippen molar-refractivity contribution in [2.45, 2.75) is 12.0 Å². The van der Waals surface area contributed by atoms with Crippen LogP contribution in [0.3, 0.4) is 0 Å². The second-order valence-corrected chi connectivity index (χ2v) is 7.62.